The van der Waals surface area contributed by atoms with Crippen LogP contribution in [0.2, 0.25) is 0 Å². The Balaban J connectivity index is 2.28. The third-order valence-corrected chi connectivity index (χ3v) is 6.86. The standard InChI is InChI=1S/C23H28N4O4S/c1-6-21-24-25-22(26(21)4)19-14-17(23(28)31-5)12-13-20(19)27(15-16(2)3)32(29,30)18-10-8-7-9-11-18/h7-14,16H,6,15H2,1-5H3. The van der Waals surface area contributed by atoms with Crippen LogP contribution in [-0.4, -0.2) is 42.8 Å². The molecule has 3 aromatic rings. The Hall–Kier alpha value is -3.20. The van der Waals surface area contributed by atoms with Gasteiger partial charge in [-0.15, -0.1) is 10.2 Å². The van der Waals surface area contributed by atoms with Gasteiger partial charge < -0.3 is 9.30 Å². The molecule has 3 rings (SSSR count). The minimum Gasteiger partial charge on any atom is -0.465 e. The largest absolute Gasteiger partial charge is 0.465 e. The van der Waals surface area contributed by atoms with E-state index in [1.54, 1.807) is 48.5 Å². The Labute approximate surface area is 188 Å². The van der Waals surface area contributed by atoms with E-state index in [1.165, 1.54) is 11.4 Å². The predicted molar refractivity (Wildman–Crippen MR) is 123 cm³/mol. The van der Waals surface area contributed by atoms with Crippen molar-refractivity contribution in [2.24, 2.45) is 13.0 Å². The summed E-state index contributed by atoms with van der Waals surface area (Å²) in [6.07, 6.45) is 0.660. The summed E-state index contributed by atoms with van der Waals surface area (Å²) < 4.78 is 35.4. The number of benzene rings is 2. The van der Waals surface area contributed by atoms with Crippen molar-refractivity contribution < 1.29 is 17.9 Å². The molecule has 0 atom stereocenters. The predicted octanol–water partition coefficient (Wildman–Crippen LogP) is 3.68. The van der Waals surface area contributed by atoms with Crippen LogP contribution in [0.15, 0.2) is 53.4 Å². The molecule has 1 aromatic heterocycles. The second kappa shape index (κ2) is 9.52. The highest BCUT2D eigenvalue weighted by molar-refractivity contribution is 7.92. The van der Waals surface area contributed by atoms with Crippen molar-refractivity contribution in [3.8, 4) is 11.4 Å². The minimum atomic E-state index is -3.87. The molecule has 9 heteroatoms. The molecule has 0 N–H and O–H groups in total. The lowest BCUT2D eigenvalue weighted by Gasteiger charge is -2.28. The fraction of sp³-hybridized carbons (Fsp3) is 0.348. The van der Waals surface area contributed by atoms with Crippen LogP contribution in [0.25, 0.3) is 11.4 Å². The molecule has 0 aliphatic carbocycles. The van der Waals surface area contributed by atoms with Crippen molar-refractivity contribution >= 4 is 21.7 Å². The molecular formula is C23H28N4O4S. The quantitative estimate of drug-likeness (QED) is 0.480. The zero-order valence-corrected chi connectivity index (χ0v) is 19.8. The molecule has 0 radical (unpaired) electrons. The highest BCUT2D eigenvalue weighted by Gasteiger charge is 2.29. The molecule has 0 saturated carbocycles. The van der Waals surface area contributed by atoms with Gasteiger partial charge in [-0.3, -0.25) is 4.31 Å². The lowest BCUT2D eigenvalue weighted by molar-refractivity contribution is 0.0601. The molecule has 0 aliphatic heterocycles. The Bertz CT molecular complexity index is 1200. The van der Waals surface area contributed by atoms with E-state index in [9.17, 15) is 13.2 Å². The first-order valence-electron chi connectivity index (χ1n) is 10.4. The van der Waals surface area contributed by atoms with Gasteiger partial charge in [0.1, 0.15) is 5.82 Å². The maximum absolute atomic E-state index is 13.7. The smallest absolute Gasteiger partial charge is 0.337 e. The van der Waals surface area contributed by atoms with Gasteiger partial charge in [0.25, 0.3) is 10.0 Å². The number of carbonyl (C=O) groups is 1. The Morgan fingerprint density at radius 3 is 2.38 bits per heavy atom. The highest BCUT2D eigenvalue weighted by Crippen LogP contribution is 2.35. The van der Waals surface area contributed by atoms with E-state index in [2.05, 4.69) is 10.2 Å². The van der Waals surface area contributed by atoms with E-state index < -0.39 is 16.0 Å². The molecule has 2 aromatic carbocycles. The van der Waals surface area contributed by atoms with Gasteiger partial charge in [0.2, 0.25) is 0 Å². The number of esters is 1. The maximum Gasteiger partial charge on any atom is 0.337 e. The van der Waals surface area contributed by atoms with Gasteiger partial charge in [0.05, 0.1) is 23.3 Å². The van der Waals surface area contributed by atoms with Crippen LogP contribution in [0.3, 0.4) is 0 Å². The summed E-state index contributed by atoms with van der Waals surface area (Å²) in [6.45, 7) is 6.12. The first-order valence-corrected chi connectivity index (χ1v) is 11.8. The van der Waals surface area contributed by atoms with Crippen LogP contribution >= 0.6 is 0 Å². The number of sulfonamides is 1. The molecule has 0 fully saturated rings. The van der Waals surface area contributed by atoms with Crippen molar-refractivity contribution in [2.45, 2.75) is 32.1 Å². The Kier molecular flexibility index (Phi) is 6.98. The molecule has 0 bridgehead atoms. The summed E-state index contributed by atoms with van der Waals surface area (Å²) in [5, 5.41) is 8.52. The molecule has 0 spiro atoms. The third-order valence-electron chi connectivity index (χ3n) is 5.07. The number of ether oxygens (including phenoxy) is 1. The van der Waals surface area contributed by atoms with Gasteiger partial charge in [0.15, 0.2) is 5.82 Å². The lowest BCUT2D eigenvalue weighted by Crippen LogP contribution is -2.35. The molecule has 1 heterocycles. The summed E-state index contributed by atoms with van der Waals surface area (Å²) >= 11 is 0. The summed E-state index contributed by atoms with van der Waals surface area (Å²) in [5.41, 5.74) is 1.21. The van der Waals surface area contributed by atoms with Crippen LogP contribution in [0.1, 0.15) is 37.0 Å². The highest BCUT2D eigenvalue weighted by atomic mass is 32.2. The van der Waals surface area contributed by atoms with Gasteiger partial charge in [-0.2, -0.15) is 0 Å². The van der Waals surface area contributed by atoms with E-state index in [1.807, 2.05) is 32.4 Å². The fourth-order valence-electron chi connectivity index (χ4n) is 3.46. The van der Waals surface area contributed by atoms with E-state index in [4.69, 9.17) is 4.74 Å². The lowest BCUT2D eigenvalue weighted by atomic mass is 10.1. The summed E-state index contributed by atoms with van der Waals surface area (Å²) in [5.74, 6) is 0.750. The zero-order chi connectivity index (χ0) is 23.5. The normalized spacial score (nSPS) is 11.6. The molecule has 0 amide bonds. The number of carbonyl (C=O) groups excluding carboxylic acids is 1. The molecule has 32 heavy (non-hydrogen) atoms. The van der Waals surface area contributed by atoms with E-state index in [0.717, 1.165) is 5.82 Å². The number of aryl methyl sites for hydroxylation is 1. The summed E-state index contributed by atoms with van der Waals surface area (Å²) in [4.78, 5) is 12.4. The summed E-state index contributed by atoms with van der Waals surface area (Å²) in [6, 6.07) is 13.1. The summed E-state index contributed by atoms with van der Waals surface area (Å²) in [7, 11) is -0.746. The number of aromatic nitrogens is 3. The average Bonchev–Trinajstić information content (AvgIpc) is 3.17. The first kappa shape index (κ1) is 23.5. The zero-order valence-electron chi connectivity index (χ0n) is 18.9. The average molecular weight is 457 g/mol. The maximum atomic E-state index is 13.7. The molecule has 0 aliphatic rings. The van der Waals surface area contributed by atoms with E-state index in [-0.39, 0.29) is 17.4 Å². The van der Waals surface area contributed by atoms with E-state index >= 15 is 0 Å². The third kappa shape index (κ3) is 4.52. The fourth-order valence-corrected chi connectivity index (χ4v) is 5.13. The minimum absolute atomic E-state index is 0.0484. The topological polar surface area (TPSA) is 94.4 Å². The second-order valence-corrected chi connectivity index (χ2v) is 9.68. The van der Waals surface area contributed by atoms with Crippen molar-refractivity contribution in [1.29, 1.82) is 0 Å². The van der Waals surface area contributed by atoms with Gasteiger partial charge >= 0.3 is 5.97 Å². The molecule has 0 saturated heterocycles. The number of nitrogens with zero attached hydrogens (tertiary/aromatic N) is 4. The monoisotopic (exact) mass is 456 g/mol. The number of hydrogen-bond acceptors (Lipinski definition) is 6. The first-order chi connectivity index (χ1) is 15.2. The van der Waals surface area contributed by atoms with Crippen LogP contribution < -0.4 is 4.31 Å². The van der Waals surface area contributed by atoms with Gasteiger partial charge in [-0.25, -0.2) is 13.2 Å². The Morgan fingerprint density at radius 2 is 1.81 bits per heavy atom. The van der Waals surface area contributed by atoms with Gasteiger partial charge in [-0.05, 0) is 36.2 Å². The van der Waals surface area contributed by atoms with Crippen molar-refractivity contribution in [2.75, 3.05) is 18.0 Å². The SMILES string of the molecule is CCc1nnc(-c2cc(C(=O)OC)ccc2N(CC(C)C)S(=O)(=O)c2ccccc2)n1C. The van der Waals surface area contributed by atoms with Crippen molar-refractivity contribution in [3.63, 3.8) is 0 Å². The van der Waals surface area contributed by atoms with Crippen molar-refractivity contribution in [1.82, 2.24) is 14.8 Å². The van der Waals surface area contributed by atoms with Crippen LogP contribution in [0.4, 0.5) is 5.69 Å². The van der Waals surface area contributed by atoms with Gasteiger partial charge in [-0.1, -0.05) is 39.0 Å². The van der Waals surface area contributed by atoms with Crippen LogP contribution in [-0.2, 0) is 28.2 Å². The number of methoxy groups -OCH3 is 1. The second-order valence-electron chi connectivity index (χ2n) is 7.82. The number of rotatable bonds is 8. The van der Waals surface area contributed by atoms with Crippen LogP contribution in [0.5, 0.6) is 0 Å². The van der Waals surface area contributed by atoms with Crippen molar-refractivity contribution in [3.05, 3.63) is 59.9 Å². The van der Waals surface area contributed by atoms with Crippen LogP contribution in [0, 0.1) is 5.92 Å². The Morgan fingerprint density at radius 1 is 1.12 bits per heavy atom. The number of hydrogen-bond donors (Lipinski definition) is 0. The molecular weight excluding hydrogens is 428 g/mol. The van der Waals surface area contributed by atoms with Gasteiger partial charge in [0, 0.05) is 25.6 Å². The number of anilines is 1. The van der Waals surface area contributed by atoms with E-state index in [0.29, 0.717) is 29.1 Å². The molecule has 0 unspecified atom stereocenters. The molecule has 8 nitrogen and oxygen atoms in total. The molecule has 170 valence electrons.